The van der Waals surface area contributed by atoms with Gasteiger partial charge in [0.2, 0.25) is 0 Å². The van der Waals surface area contributed by atoms with Crippen LogP contribution in [0.2, 0.25) is 0 Å². The molecule has 0 bridgehead atoms. The third kappa shape index (κ3) is 2.98. The first kappa shape index (κ1) is 14.1. The van der Waals surface area contributed by atoms with E-state index in [0.29, 0.717) is 5.69 Å². The number of carbonyl (C=O) groups excluding carboxylic acids is 1. The van der Waals surface area contributed by atoms with E-state index in [1.54, 1.807) is 19.1 Å². The molecule has 2 aromatic heterocycles. The van der Waals surface area contributed by atoms with Crippen molar-refractivity contribution in [3.8, 4) is 0 Å². The van der Waals surface area contributed by atoms with Crippen LogP contribution in [0, 0.1) is 0 Å². The molecule has 0 aromatic carbocycles. The molecular formula is C13H11F3N2O2. The molecule has 0 fully saturated rings. The summed E-state index contributed by atoms with van der Waals surface area (Å²) in [5, 5.41) is 0. The lowest BCUT2D eigenvalue weighted by Crippen LogP contribution is -2.04. The van der Waals surface area contributed by atoms with Crippen LogP contribution in [-0.2, 0) is 15.7 Å². The fourth-order valence-corrected chi connectivity index (χ4v) is 1.65. The smallest absolute Gasteiger partial charge is 0.434 e. The predicted octanol–water partition coefficient (Wildman–Crippen LogP) is 2.93. The second kappa shape index (κ2) is 5.36. The van der Waals surface area contributed by atoms with Gasteiger partial charge in [-0.15, -0.1) is 0 Å². The van der Waals surface area contributed by atoms with Crippen molar-refractivity contribution in [3.05, 3.63) is 41.9 Å². The average Bonchev–Trinajstić information content (AvgIpc) is 2.81. The first-order chi connectivity index (χ1) is 9.41. The Labute approximate surface area is 112 Å². The van der Waals surface area contributed by atoms with Crippen LogP contribution in [0.4, 0.5) is 13.2 Å². The highest BCUT2D eigenvalue weighted by atomic mass is 19.4. The zero-order valence-corrected chi connectivity index (χ0v) is 10.5. The zero-order valence-electron chi connectivity index (χ0n) is 10.5. The molecule has 0 saturated heterocycles. The molecule has 2 heterocycles. The number of halogens is 3. The predicted molar refractivity (Wildman–Crippen MR) is 65.9 cm³/mol. The molecule has 106 valence electrons. The topological polar surface area (TPSA) is 43.6 Å². The molecule has 0 radical (unpaired) electrons. The molecular weight excluding hydrogens is 273 g/mol. The zero-order chi connectivity index (χ0) is 14.8. The Morgan fingerprint density at radius 1 is 1.45 bits per heavy atom. The molecule has 2 rings (SSSR count). The van der Waals surface area contributed by atoms with Gasteiger partial charge in [0, 0.05) is 18.0 Å². The number of carbonyl (C=O) groups is 1. The van der Waals surface area contributed by atoms with Crippen molar-refractivity contribution in [1.29, 1.82) is 0 Å². The number of esters is 1. The largest absolute Gasteiger partial charge is 0.463 e. The number of rotatable bonds is 3. The standard InChI is InChI=1S/C13H11F3N2O2/c1-2-20-12(19)7-6-9-4-3-5-11-17-10(8-18(9)11)13(14,15)16/h3-8H,2H2,1H3. The van der Waals surface area contributed by atoms with E-state index >= 15 is 0 Å². The number of hydrogen-bond acceptors (Lipinski definition) is 3. The summed E-state index contributed by atoms with van der Waals surface area (Å²) in [6, 6.07) is 4.59. The fourth-order valence-electron chi connectivity index (χ4n) is 1.65. The first-order valence-electron chi connectivity index (χ1n) is 5.82. The van der Waals surface area contributed by atoms with Crippen LogP contribution in [0.25, 0.3) is 11.7 Å². The van der Waals surface area contributed by atoms with Crippen molar-refractivity contribution in [2.75, 3.05) is 6.61 Å². The lowest BCUT2D eigenvalue weighted by atomic mass is 10.3. The molecule has 0 unspecified atom stereocenters. The minimum absolute atomic E-state index is 0.156. The van der Waals surface area contributed by atoms with Gasteiger partial charge in [-0.25, -0.2) is 9.78 Å². The van der Waals surface area contributed by atoms with Crippen molar-refractivity contribution in [2.24, 2.45) is 0 Å². The third-order valence-electron chi connectivity index (χ3n) is 2.49. The number of alkyl halides is 3. The van der Waals surface area contributed by atoms with Gasteiger partial charge in [0.25, 0.3) is 0 Å². The van der Waals surface area contributed by atoms with Gasteiger partial charge in [0.15, 0.2) is 5.69 Å². The molecule has 0 aliphatic rings. The van der Waals surface area contributed by atoms with Crippen molar-refractivity contribution in [3.63, 3.8) is 0 Å². The molecule has 4 nitrogen and oxygen atoms in total. The second-order valence-electron chi connectivity index (χ2n) is 3.89. The number of ether oxygens (including phenoxy) is 1. The molecule has 0 spiro atoms. The Kier molecular flexibility index (Phi) is 3.78. The van der Waals surface area contributed by atoms with Gasteiger partial charge in [0.05, 0.1) is 6.61 Å². The number of imidazole rings is 1. The number of fused-ring (bicyclic) bond motifs is 1. The Morgan fingerprint density at radius 3 is 2.85 bits per heavy atom. The van der Waals surface area contributed by atoms with Gasteiger partial charge >= 0.3 is 12.1 Å². The Hall–Kier alpha value is -2.31. The summed E-state index contributed by atoms with van der Waals surface area (Å²) in [5.41, 5.74) is -0.420. The van der Waals surface area contributed by atoms with Crippen LogP contribution >= 0.6 is 0 Å². The van der Waals surface area contributed by atoms with E-state index in [2.05, 4.69) is 4.98 Å². The summed E-state index contributed by atoms with van der Waals surface area (Å²) < 4.78 is 43.8. The van der Waals surface area contributed by atoms with Gasteiger partial charge < -0.3 is 4.74 Å². The van der Waals surface area contributed by atoms with E-state index < -0.39 is 17.8 Å². The molecule has 0 aliphatic carbocycles. The molecule has 0 atom stereocenters. The van der Waals surface area contributed by atoms with Gasteiger partial charge in [-0.05, 0) is 25.1 Å². The van der Waals surface area contributed by atoms with E-state index in [4.69, 9.17) is 4.74 Å². The van der Waals surface area contributed by atoms with Gasteiger partial charge in [-0.3, -0.25) is 4.40 Å². The summed E-state index contributed by atoms with van der Waals surface area (Å²) in [6.07, 6.45) is -1.08. The Morgan fingerprint density at radius 2 is 2.20 bits per heavy atom. The molecule has 0 amide bonds. The average molecular weight is 284 g/mol. The fraction of sp³-hybridized carbons (Fsp3) is 0.231. The van der Waals surface area contributed by atoms with Crippen LogP contribution in [0.3, 0.4) is 0 Å². The van der Waals surface area contributed by atoms with Gasteiger partial charge in [-0.1, -0.05) is 6.07 Å². The molecule has 20 heavy (non-hydrogen) atoms. The molecule has 0 N–H and O–H groups in total. The molecule has 2 aromatic rings. The molecule has 0 saturated carbocycles. The van der Waals surface area contributed by atoms with E-state index in [1.165, 1.54) is 16.5 Å². The minimum atomic E-state index is -4.51. The van der Waals surface area contributed by atoms with Crippen LogP contribution in [0.1, 0.15) is 18.3 Å². The van der Waals surface area contributed by atoms with Crippen molar-refractivity contribution in [2.45, 2.75) is 13.1 Å². The van der Waals surface area contributed by atoms with Crippen molar-refractivity contribution >= 4 is 17.7 Å². The highest BCUT2D eigenvalue weighted by molar-refractivity contribution is 5.86. The summed E-state index contributed by atoms with van der Waals surface area (Å²) in [4.78, 5) is 14.7. The minimum Gasteiger partial charge on any atom is -0.463 e. The second-order valence-corrected chi connectivity index (χ2v) is 3.89. The number of pyridine rings is 1. The number of nitrogens with zero attached hydrogens (tertiary/aromatic N) is 2. The molecule has 7 heteroatoms. The van der Waals surface area contributed by atoms with Crippen molar-refractivity contribution in [1.82, 2.24) is 9.38 Å². The molecule has 0 aliphatic heterocycles. The van der Waals surface area contributed by atoms with Crippen LogP contribution in [-0.4, -0.2) is 22.0 Å². The van der Waals surface area contributed by atoms with Gasteiger partial charge in [0.1, 0.15) is 5.65 Å². The van der Waals surface area contributed by atoms with E-state index in [0.717, 1.165) is 12.3 Å². The third-order valence-corrected chi connectivity index (χ3v) is 2.49. The maximum atomic E-state index is 12.6. The summed E-state index contributed by atoms with van der Waals surface area (Å²) in [7, 11) is 0. The van der Waals surface area contributed by atoms with E-state index in [-0.39, 0.29) is 12.3 Å². The maximum absolute atomic E-state index is 12.6. The van der Waals surface area contributed by atoms with Crippen LogP contribution in [0.15, 0.2) is 30.5 Å². The number of hydrogen-bond donors (Lipinski definition) is 0. The van der Waals surface area contributed by atoms with Crippen LogP contribution in [0.5, 0.6) is 0 Å². The highest BCUT2D eigenvalue weighted by Crippen LogP contribution is 2.28. The van der Waals surface area contributed by atoms with Crippen molar-refractivity contribution < 1.29 is 22.7 Å². The summed E-state index contributed by atoms with van der Waals surface area (Å²) in [6.45, 7) is 1.90. The summed E-state index contributed by atoms with van der Waals surface area (Å²) in [5.74, 6) is -0.555. The Balaban J connectivity index is 2.39. The Bertz CT molecular complexity index is 659. The quantitative estimate of drug-likeness (QED) is 0.643. The lowest BCUT2D eigenvalue weighted by molar-refractivity contribution is -0.141. The lowest BCUT2D eigenvalue weighted by Gasteiger charge is -2.00. The highest BCUT2D eigenvalue weighted by Gasteiger charge is 2.34. The van der Waals surface area contributed by atoms with Crippen LogP contribution < -0.4 is 0 Å². The van der Waals surface area contributed by atoms with Gasteiger partial charge in [-0.2, -0.15) is 13.2 Å². The SMILES string of the molecule is CCOC(=O)C=Cc1cccc2nc(C(F)(F)F)cn12. The monoisotopic (exact) mass is 284 g/mol. The van der Waals surface area contributed by atoms with E-state index in [1.807, 2.05) is 0 Å². The maximum Gasteiger partial charge on any atom is 0.434 e. The van der Waals surface area contributed by atoms with E-state index in [9.17, 15) is 18.0 Å². The number of aromatic nitrogens is 2. The summed E-state index contributed by atoms with van der Waals surface area (Å²) >= 11 is 0. The normalized spacial score (nSPS) is 12.2. The first-order valence-corrected chi connectivity index (χ1v) is 5.82.